The lowest BCUT2D eigenvalue weighted by Gasteiger charge is -2.33. The van der Waals surface area contributed by atoms with E-state index in [1.54, 1.807) is 12.3 Å². The van der Waals surface area contributed by atoms with Crippen molar-refractivity contribution in [3.05, 3.63) is 59.5 Å². The molecular formula is C18H19F3N2O2S. The van der Waals surface area contributed by atoms with Crippen LogP contribution in [0.5, 0.6) is 0 Å². The number of carbonyl (C=O) groups is 1. The van der Waals surface area contributed by atoms with Gasteiger partial charge in [-0.05, 0) is 36.4 Å². The molecule has 3 rings (SSSR count). The van der Waals surface area contributed by atoms with E-state index in [4.69, 9.17) is 4.42 Å². The Bertz CT molecular complexity index is 711. The van der Waals surface area contributed by atoms with Crippen LogP contribution < -0.4 is 5.32 Å². The number of alkyl halides is 3. The fourth-order valence-electron chi connectivity index (χ4n) is 2.88. The molecule has 4 nitrogen and oxygen atoms in total. The van der Waals surface area contributed by atoms with Crippen LogP contribution in [0, 0.1) is 0 Å². The summed E-state index contributed by atoms with van der Waals surface area (Å²) in [6.07, 6.45) is -2.82. The van der Waals surface area contributed by atoms with Crippen LogP contribution in [0.2, 0.25) is 0 Å². The van der Waals surface area contributed by atoms with Gasteiger partial charge in [0.1, 0.15) is 5.76 Å². The molecule has 0 unspecified atom stereocenters. The number of hydrogen-bond donors (Lipinski definition) is 1. The van der Waals surface area contributed by atoms with Crippen molar-refractivity contribution < 1.29 is 22.4 Å². The summed E-state index contributed by atoms with van der Waals surface area (Å²) in [5.41, 5.74) is -0.571. The first-order valence-electron chi connectivity index (χ1n) is 8.26. The normalized spacial score (nSPS) is 17.0. The summed E-state index contributed by atoms with van der Waals surface area (Å²) >= 11 is 1.89. The van der Waals surface area contributed by atoms with E-state index in [9.17, 15) is 18.0 Å². The zero-order valence-corrected chi connectivity index (χ0v) is 14.8. The van der Waals surface area contributed by atoms with Gasteiger partial charge in [-0.15, -0.1) is 0 Å². The van der Waals surface area contributed by atoms with E-state index in [1.807, 2.05) is 17.8 Å². The van der Waals surface area contributed by atoms with E-state index < -0.39 is 17.6 Å². The maximum Gasteiger partial charge on any atom is 0.416 e. The fraction of sp³-hybridized carbons (Fsp3) is 0.389. The lowest BCUT2D eigenvalue weighted by Crippen LogP contribution is -2.41. The maximum absolute atomic E-state index is 12.6. The molecule has 2 aromatic rings. The van der Waals surface area contributed by atoms with Crippen LogP contribution >= 0.6 is 11.8 Å². The SMILES string of the molecule is O=C(NC[C@@H](c1ccco1)N1CCSCC1)c1ccc(C(F)(F)F)cc1. The number of carbonyl (C=O) groups excluding carboxylic acids is 1. The second-order valence-corrected chi connectivity index (χ2v) is 7.19. The Morgan fingerprint density at radius 3 is 2.46 bits per heavy atom. The smallest absolute Gasteiger partial charge is 0.416 e. The van der Waals surface area contributed by atoms with Gasteiger partial charge in [0.15, 0.2) is 0 Å². The number of benzene rings is 1. The summed E-state index contributed by atoms with van der Waals surface area (Å²) in [6.45, 7) is 2.12. The predicted octanol–water partition coefficient (Wildman–Crippen LogP) is 3.82. The van der Waals surface area contributed by atoms with Gasteiger partial charge >= 0.3 is 6.18 Å². The van der Waals surface area contributed by atoms with E-state index in [-0.39, 0.29) is 11.6 Å². The third-order valence-electron chi connectivity index (χ3n) is 4.29. The van der Waals surface area contributed by atoms with Gasteiger partial charge in [-0.3, -0.25) is 9.69 Å². The van der Waals surface area contributed by atoms with Gasteiger partial charge in [0.2, 0.25) is 0 Å². The molecule has 1 saturated heterocycles. The molecule has 1 aromatic heterocycles. The molecule has 1 aromatic carbocycles. The van der Waals surface area contributed by atoms with Crippen molar-refractivity contribution in [2.75, 3.05) is 31.1 Å². The number of hydrogen-bond acceptors (Lipinski definition) is 4. The Hall–Kier alpha value is -1.93. The summed E-state index contributed by atoms with van der Waals surface area (Å²) in [5.74, 6) is 2.40. The van der Waals surface area contributed by atoms with Gasteiger partial charge in [-0.25, -0.2) is 0 Å². The molecule has 0 bridgehead atoms. The number of rotatable bonds is 5. The van der Waals surface area contributed by atoms with Crippen LogP contribution in [-0.4, -0.2) is 41.9 Å². The molecule has 0 aliphatic carbocycles. The Morgan fingerprint density at radius 1 is 1.19 bits per heavy atom. The highest BCUT2D eigenvalue weighted by molar-refractivity contribution is 7.99. The highest BCUT2D eigenvalue weighted by atomic mass is 32.2. The molecule has 0 radical (unpaired) electrons. The van der Waals surface area contributed by atoms with Crippen LogP contribution in [-0.2, 0) is 6.18 Å². The quantitative estimate of drug-likeness (QED) is 0.851. The molecule has 26 heavy (non-hydrogen) atoms. The van der Waals surface area contributed by atoms with Gasteiger partial charge in [0.05, 0.1) is 17.9 Å². The largest absolute Gasteiger partial charge is 0.468 e. The third-order valence-corrected chi connectivity index (χ3v) is 5.23. The Balaban J connectivity index is 1.65. The summed E-state index contributed by atoms with van der Waals surface area (Å²) in [6, 6.07) is 7.80. The zero-order chi connectivity index (χ0) is 18.6. The van der Waals surface area contributed by atoms with Crippen molar-refractivity contribution in [2.24, 2.45) is 0 Å². The molecule has 1 N–H and O–H groups in total. The number of amides is 1. The highest BCUT2D eigenvalue weighted by Gasteiger charge is 2.30. The monoisotopic (exact) mass is 384 g/mol. The van der Waals surface area contributed by atoms with E-state index in [2.05, 4.69) is 10.2 Å². The Labute approximate surface area is 153 Å². The first-order valence-corrected chi connectivity index (χ1v) is 9.41. The molecule has 1 atom stereocenters. The van der Waals surface area contributed by atoms with E-state index in [0.29, 0.717) is 6.54 Å². The van der Waals surface area contributed by atoms with Crippen molar-refractivity contribution >= 4 is 17.7 Å². The molecular weight excluding hydrogens is 365 g/mol. The summed E-state index contributed by atoms with van der Waals surface area (Å²) in [5, 5.41) is 2.81. The van der Waals surface area contributed by atoms with E-state index in [1.165, 1.54) is 12.1 Å². The summed E-state index contributed by atoms with van der Waals surface area (Å²) < 4.78 is 43.4. The molecule has 1 fully saturated rings. The van der Waals surface area contributed by atoms with Crippen molar-refractivity contribution in [3.63, 3.8) is 0 Å². The molecule has 8 heteroatoms. The van der Waals surface area contributed by atoms with Crippen molar-refractivity contribution in [1.29, 1.82) is 0 Å². The fourth-order valence-corrected chi connectivity index (χ4v) is 3.81. The molecule has 2 heterocycles. The number of nitrogens with zero attached hydrogens (tertiary/aromatic N) is 1. The van der Waals surface area contributed by atoms with Gasteiger partial charge < -0.3 is 9.73 Å². The van der Waals surface area contributed by atoms with Crippen LogP contribution in [0.1, 0.15) is 27.7 Å². The second kappa shape index (κ2) is 8.18. The minimum Gasteiger partial charge on any atom is -0.468 e. The van der Waals surface area contributed by atoms with E-state index in [0.717, 1.165) is 42.5 Å². The Morgan fingerprint density at radius 2 is 1.88 bits per heavy atom. The standard InChI is InChI=1S/C18H19F3N2O2S/c19-18(20,21)14-5-3-13(4-6-14)17(24)22-12-15(16-2-1-9-25-16)23-7-10-26-11-8-23/h1-6,9,15H,7-8,10-12H2,(H,22,24)/t15-/m0/s1. The minimum atomic E-state index is -4.41. The zero-order valence-electron chi connectivity index (χ0n) is 14.0. The van der Waals surface area contributed by atoms with Crippen molar-refractivity contribution in [2.45, 2.75) is 12.2 Å². The topological polar surface area (TPSA) is 45.5 Å². The Kier molecular flexibility index (Phi) is 5.93. The van der Waals surface area contributed by atoms with Crippen LogP contribution in [0.15, 0.2) is 47.1 Å². The third kappa shape index (κ3) is 4.62. The predicted molar refractivity (Wildman–Crippen MR) is 94.1 cm³/mol. The maximum atomic E-state index is 12.6. The highest BCUT2D eigenvalue weighted by Crippen LogP contribution is 2.29. The number of nitrogens with one attached hydrogen (secondary N) is 1. The van der Waals surface area contributed by atoms with Crippen LogP contribution in [0.25, 0.3) is 0 Å². The van der Waals surface area contributed by atoms with Gasteiger partial charge in [0.25, 0.3) is 5.91 Å². The number of furan rings is 1. The summed E-state index contributed by atoms with van der Waals surface area (Å²) in [7, 11) is 0. The molecule has 0 saturated carbocycles. The minimum absolute atomic E-state index is 0.0932. The van der Waals surface area contributed by atoms with Crippen LogP contribution in [0.4, 0.5) is 13.2 Å². The lowest BCUT2D eigenvalue weighted by molar-refractivity contribution is -0.137. The number of halogens is 3. The first-order chi connectivity index (χ1) is 12.4. The van der Waals surface area contributed by atoms with Crippen molar-refractivity contribution in [1.82, 2.24) is 10.2 Å². The van der Waals surface area contributed by atoms with Crippen LogP contribution in [0.3, 0.4) is 0 Å². The van der Waals surface area contributed by atoms with Gasteiger partial charge in [0, 0.05) is 36.7 Å². The molecule has 0 spiro atoms. The average molecular weight is 384 g/mol. The average Bonchev–Trinajstić information content (AvgIpc) is 3.16. The lowest BCUT2D eigenvalue weighted by atomic mass is 10.1. The molecule has 1 aliphatic heterocycles. The van der Waals surface area contributed by atoms with Crippen molar-refractivity contribution in [3.8, 4) is 0 Å². The molecule has 1 amide bonds. The molecule has 140 valence electrons. The first kappa shape index (κ1) is 18.8. The van der Waals surface area contributed by atoms with E-state index >= 15 is 0 Å². The number of thioether (sulfide) groups is 1. The summed E-state index contributed by atoms with van der Waals surface area (Å²) in [4.78, 5) is 14.6. The second-order valence-electron chi connectivity index (χ2n) is 5.96. The van der Waals surface area contributed by atoms with Gasteiger partial charge in [-0.1, -0.05) is 0 Å². The van der Waals surface area contributed by atoms with Gasteiger partial charge in [-0.2, -0.15) is 24.9 Å². The molecule has 1 aliphatic rings.